The Morgan fingerprint density at radius 3 is 1.33 bits per heavy atom. The minimum absolute atomic E-state index is 0.0979. The zero-order valence-corrected chi connectivity index (χ0v) is 45.0. The number of hydrogen-bond acceptors (Lipinski definition) is 1. The molecule has 76 heavy (non-hydrogen) atoms. The van der Waals surface area contributed by atoms with Crippen molar-refractivity contribution in [3.05, 3.63) is 282 Å². The van der Waals surface area contributed by atoms with Gasteiger partial charge in [-0.3, -0.25) is 0 Å². The first kappa shape index (κ1) is 48.4. The maximum atomic E-state index is 2.42. The van der Waals surface area contributed by atoms with E-state index in [1.165, 1.54) is 134 Å². The van der Waals surface area contributed by atoms with Crippen LogP contribution >= 0.6 is 0 Å². The van der Waals surface area contributed by atoms with Crippen LogP contribution in [0.1, 0.15) is 80.0 Å². The van der Waals surface area contributed by atoms with Crippen molar-refractivity contribution in [1.82, 2.24) is 0 Å². The lowest BCUT2D eigenvalue weighted by Crippen LogP contribution is -2.16. The summed E-state index contributed by atoms with van der Waals surface area (Å²) in [5, 5.41) is 10.5. The van der Waals surface area contributed by atoms with Crippen molar-refractivity contribution >= 4 is 60.2 Å². The lowest BCUT2D eigenvalue weighted by molar-refractivity contribution is 0.660. The summed E-state index contributed by atoms with van der Waals surface area (Å²) in [5.41, 5.74) is 21.2. The van der Waals surface area contributed by atoms with Crippen LogP contribution in [0.2, 0.25) is 0 Å². The first-order valence-corrected chi connectivity index (χ1v) is 27.2. The highest BCUT2D eigenvalue weighted by Crippen LogP contribution is 2.54. The third kappa shape index (κ3) is 8.74. The number of aryl methyl sites for hydroxylation is 3. The van der Waals surface area contributed by atoms with Crippen LogP contribution in [0.15, 0.2) is 243 Å². The monoisotopic (exact) mass is 980 g/mol. The molecule has 2 aliphatic carbocycles. The molecule has 0 bridgehead atoms. The summed E-state index contributed by atoms with van der Waals surface area (Å²) in [6, 6.07) is 89.0. The lowest BCUT2D eigenvalue weighted by Gasteiger charge is -2.28. The number of fused-ring (bicyclic) bond motifs is 12. The second kappa shape index (κ2) is 19.6. The van der Waals surface area contributed by atoms with Crippen molar-refractivity contribution in [2.45, 2.75) is 72.1 Å². The van der Waals surface area contributed by atoms with Gasteiger partial charge in [0.25, 0.3) is 0 Å². The van der Waals surface area contributed by atoms with Crippen molar-refractivity contribution in [3.8, 4) is 33.4 Å². The second-order valence-corrected chi connectivity index (χ2v) is 22.2. The van der Waals surface area contributed by atoms with E-state index in [9.17, 15) is 0 Å². The van der Waals surface area contributed by atoms with Crippen LogP contribution in [0.4, 0.5) is 17.1 Å². The molecule has 0 spiro atoms. The highest BCUT2D eigenvalue weighted by atomic mass is 15.1. The maximum absolute atomic E-state index is 2.42. The highest BCUT2D eigenvalue weighted by molar-refractivity contribution is 6.04. The molecule has 1 nitrogen and oxygen atoms in total. The van der Waals surface area contributed by atoms with Crippen LogP contribution in [0.3, 0.4) is 0 Å². The number of hydrogen-bond donors (Lipinski definition) is 0. The van der Waals surface area contributed by atoms with Crippen molar-refractivity contribution in [2.75, 3.05) is 4.90 Å². The van der Waals surface area contributed by atoms with Gasteiger partial charge in [0.05, 0.1) is 0 Å². The molecule has 0 atom stereocenters. The average Bonchev–Trinajstić information content (AvgIpc) is 3.83. The SMILES string of the molecule is CCCc1ccc2ccccc2c1.Cc1ccc(-c2ccc(N(c3ccc4c(c3)C(C)(C)c3ccc5ccccc5c3-4)c3ccc4ccccc4c3)cc2)cc1.Cc1ccc2c(c1)C(C)(C)c1ccc3ccccc3c1-2. The van der Waals surface area contributed by atoms with Gasteiger partial charge in [-0.05, 0) is 161 Å². The van der Waals surface area contributed by atoms with Crippen LogP contribution in [0.25, 0.3) is 76.5 Å². The fourth-order valence-electron chi connectivity index (χ4n) is 12.2. The van der Waals surface area contributed by atoms with E-state index in [4.69, 9.17) is 0 Å². The Morgan fingerprint density at radius 1 is 0.329 bits per heavy atom. The molecule has 2 aliphatic rings. The van der Waals surface area contributed by atoms with Crippen LogP contribution in [-0.4, -0.2) is 0 Å². The first-order valence-electron chi connectivity index (χ1n) is 27.2. The van der Waals surface area contributed by atoms with E-state index < -0.39 is 0 Å². The third-order valence-electron chi connectivity index (χ3n) is 16.4. The summed E-state index contributed by atoms with van der Waals surface area (Å²) in [4.78, 5) is 2.41. The van der Waals surface area contributed by atoms with Crippen molar-refractivity contribution in [3.63, 3.8) is 0 Å². The quantitative estimate of drug-likeness (QED) is 0.160. The summed E-state index contributed by atoms with van der Waals surface area (Å²) < 4.78 is 0. The molecule has 14 rings (SSSR count). The minimum atomic E-state index is -0.102. The standard InChI is InChI=1S/C42H33N.C20H18.C13H14/c1-28-12-14-30(15-13-28)31-16-20-34(21-17-31)43(35-22-18-29-8-4-5-10-33(29)26-35)36-23-24-38-40(27-36)42(2,3)39-25-19-32-9-6-7-11-37(32)41(38)39;1-13-8-10-16-18(12-13)20(2,3)17-11-9-14-6-4-5-7-15(14)19(16)17;1-2-5-11-8-9-12-6-3-4-7-13(12)10-11/h4-27H,1-3H3;4-12H,1-3H3;3-4,6-10H,2,5H2,1H3. The normalized spacial score (nSPS) is 13.2. The van der Waals surface area contributed by atoms with Crippen LogP contribution in [0.5, 0.6) is 0 Å². The van der Waals surface area contributed by atoms with Gasteiger partial charge in [-0.15, -0.1) is 0 Å². The topological polar surface area (TPSA) is 3.24 Å². The Labute approximate surface area is 449 Å². The molecule has 0 radical (unpaired) electrons. The molecule has 0 aliphatic heterocycles. The van der Waals surface area contributed by atoms with E-state index in [0.29, 0.717) is 0 Å². The van der Waals surface area contributed by atoms with Crippen molar-refractivity contribution in [1.29, 1.82) is 0 Å². The zero-order valence-electron chi connectivity index (χ0n) is 45.0. The third-order valence-corrected chi connectivity index (χ3v) is 16.4. The molecule has 1 heteroatoms. The molecular weight excluding hydrogens is 915 g/mol. The van der Waals surface area contributed by atoms with E-state index in [0.717, 1.165) is 11.4 Å². The Bertz CT molecular complexity index is 4130. The Balaban J connectivity index is 0.000000144. The van der Waals surface area contributed by atoms with Crippen LogP contribution in [0, 0.1) is 13.8 Å². The second-order valence-electron chi connectivity index (χ2n) is 22.2. The van der Waals surface area contributed by atoms with Gasteiger partial charge in [-0.25, -0.2) is 0 Å². The van der Waals surface area contributed by atoms with Gasteiger partial charge < -0.3 is 4.90 Å². The lowest BCUT2D eigenvalue weighted by atomic mass is 9.81. The van der Waals surface area contributed by atoms with E-state index in [1.54, 1.807) is 0 Å². The molecule has 0 aromatic heterocycles. The van der Waals surface area contributed by atoms with Gasteiger partial charge in [0.15, 0.2) is 0 Å². The Hall–Kier alpha value is -8.52. The van der Waals surface area contributed by atoms with Gasteiger partial charge >= 0.3 is 0 Å². The molecule has 12 aromatic rings. The van der Waals surface area contributed by atoms with Gasteiger partial charge in [0.2, 0.25) is 0 Å². The minimum Gasteiger partial charge on any atom is -0.310 e. The first-order chi connectivity index (χ1) is 37.0. The molecule has 370 valence electrons. The summed E-state index contributed by atoms with van der Waals surface area (Å²) in [6.07, 6.45) is 2.41. The van der Waals surface area contributed by atoms with E-state index in [-0.39, 0.29) is 10.8 Å². The number of nitrogens with zero attached hydrogens (tertiary/aromatic N) is 1. The zero-order chi connectivity index (χ0) is 52.1. The number of rotatable bonds is 6. The van der Waals surface area contributed by atoms with Gasteiger partial charge in [-0.2, -0.15) is 0 Å². The fourth-order valence-corrected chi connectivity index (χ4v) is 12.2. The summed E-state index contributed by atoms with van der Waals surface area (Å²) in [5.74, 6) is 0. The molecule has 0 saturated heterocycles. The van der Waals surface area contributed by atoms with Gasteiger partial charge in [0.1, 0.15) is 0 Å². The molecule has 0 fully saturated rings. The van der Waals surface area contributed by atoms with Gasteiger partial charge in [-0.1, -0.05) is 258 Å². The number of benzene rings is 12. The fraction of sp³-hybridized carbons (Fsp3) is 0.147. The molecule has 0 heterocycles. The molecule has 0 N–H and O–H groups in total. The predicted octanol–water partition coefficient (Wildman–Crippen LogP) is 21.0. The molecule has 0 unspecified atom stereocenters. The maximum Gasteiger partial charge on any atom is 0.0468 e. The highest BCUT2D eigenvalue weighted by Gasteiger charge is 2.38. The average molecular weight is 980 g/mol. The Morgan fingerprint density at radius 2 is 0.750 bits per heavy atom. The van der Waals surface area contributed by atoms with E-state index >= 15 is 0 Å². The van der Waals surface area contributed by atoms with Crippen molar-refractivity contribution < 1.29 is 0 Å². The Kier molecular flexibility index (Phi) is 12.5. The molecule has 0 amide bonds. The van der Waals surface area contributed by atoms with Gasteiger partial charge in [0, 0.05) is 27.9 Å². The molecule has 12 aromatic carbocycles. The molecule has 0 saturated carbocycles. The molecular formula is C75H65N. The van der Waals surface area contributed by atoms with E-state index in [2.05, 4.69) is 296 Å². The van der Waals surface area contributed by atoms with Crippen LogP contribution < -0.4 is 4.90 Å². The predicted molar refractivity (Wildman–Crippen MR) is 328 cm³/mol. The summed E-state index contributed by atoms with van der Waals surface area (Å²) >= 11 is 0. The largest absolute Gasteiger partial charge is 0.310 e. The van der Waals surface area contributed by atoms with E-state index in [1.807, 2.05) is 0 Å². The summed E-state index contributed by atoms with van der Waals surface area (Å²) in [7, 11) is 0. The summed E-state index contributed by atoms with van der Waals surface area (Å²) in [6.45, 7) is 15.9. The smallest absolute Gasteiger partial charge is 0.0468 e. The van der Waals surface area contributed by atoms with Crippen LogP contribution in [-0.2, 0) is 17.3 Å². The van der Waals surface area contributed by atoms with Crippen molar-refractivity contribution in [2.24, 2.45) is 0 Å². The number of anilines is 3.